The molecule has 5 heteroatoms. The summed E-state index contributed by atoms with van der Waals surface area (Å²) in [6.45, 7) is 0. The summed E-state index contributed by atoms with van der Waals surface area (Å²) >= 11 is 0. The molecule has 4 unspecified atom stereocenters. The highest BCUT2D eigenvalue weighted by Gasteiger charge is 2.46. The number of carbonyl (C=O) groups is 1. The lowest BCUT2D eigenvalue weighted by Crippen LogP contribution is -2.48. The fraction of sp³-hybridized carbons (Fsp3) is 0.588. The van der Waals surface area contributed by atoms with Crippen molar-refractivity contribution in [2.75, 3.05) is 0 Å². The number of nitrogens with one attached hydrogen (secondary N) is 2. The summed E-state index contributed by atoms with van der Waals surface area (Å²) in [6, 6.07) is 5.48. The van der Waals surface area contributed by atoms with Gasteiger partial charge in [-0.3, -0.25) is 4.79 Å². The lowest BCUT2D eigenvalue weighted by molar-refractivity contribution is -0.123. The molecule has 2 bridgehead atoms. The standard InChI is InChI=1S/C17H20F2N2O/c18-15-3-1-2-12(16(15)19)13-8-14(13)17(22)21-11-6-9-4-5-10(7-11)20-9/h1-3,9-11,13-14,20H,4-8H2,(H,21,22). The summed E-state index contributed by atoms with van der Waals surface area (Å²) in [6.07, 6.45) is 4.96. The van der Waals surface area contributed by atoms with E-state index >= 15 is 0 Å². The van der Waals surface area contributed by atoms with E-state index in [2.05, 4.69) is 10.6 Å². The molecule has 2 aliphatic heterocycles. The molecule has 1 amide bonds. The predicted molar refractivity (Wildman–Crippen MR) is 78.3 cm³/mol. The van der Waals surface area contributed by atoms with Gasteiger partial charge in [0.15, 0.2) is 11.6 Å². The number of carbonyl (C=O) groups excluding carboxylic acids is 1. The zero-order valence-corrected chi connectivity index (χ0v) is 12.3. The van der Waals surface area contributed by atoms with Gasteiger partial charge in [0, 0.05) is 24.0 Å². The van der Waals surface area contributed by atoms with E-state index in [1.807, 2.05) is 0 Å². The zero-order valence-electron chi connectivity index (χ0n) is 12.3. The van der Waals surface area contributed by atoms with Crippen molar-refractivity contribution in [3.05, 3.63) is 35.4 Å². The smallest absolute Gasteiger partial charge is 0.223 e. The van der Waals surface area contributed by atoms with Gasteiger partial charge in [-0.2, -0.15) is 0 Å². The number of rotatable bonds is 3. The van der Waals surface area contributed by atoms with E-state index in [1.165, 1.54) is 18.9 Å². The highest BCUT2D eigenvalue weighted by molar-refractivity contribution is 5.83. The molecule has 0 spiro atoms. The van der Waals surface area contributed by atoms with Gasteiger partial charge in [-0.25, -0.2) is 8.78 Å². The minimum Gasteiger partial charge on any atom is -0.353 e. The Bertz CT molecular complexity index is 594. The van der Waals surface area contributed by atoms with Crippen molar-refractivity contribution in [1.29, 1.82) is 0 Å². The quantitative estimate of drug-likeness (QED) is 0.901. The van der Waals surface area contributed by atoms with Crippen LogP contribution in [0.25, 0.3) is 0 Å². The van der Waals surface area contributed by atoms with Gasteiger partial charge in [0.1, 0.15) is 0 Å². The average molecular weight is 306 g/mol. The van der Waals surface area contributed by atoms with E-state index in [0.717, 1.165) is 18.9 Å². The monoisotopic (exact) mass is 306 g/mol. The van der Waals surface area contributed by atoms with Crippen molar-refractivity contribution in [2.45, 2.75) is 56.1 Å². The van der Waals surface area contributed by atoms with E-state index in [9.17, 15) is 13.6 Å². The number of fused-ring (bicyclic) bond motifs is 2. The van der Waals surface area contributed by atoms with Crippen LogP contribution in [0.2, 0.25) is 0 Å². The number of halogens is 2. The van der Waals surface area contributed by atoms with Crippen LogP contribution in [0.5, 0.6) is 0 Å². The van der Waals surface area contributed by atoms with Crippen molar-refractivity contribution in [3.63, 3.8) is 0 Å². The second kappa shape index (κ2) is 5.30. The third kappa shape index (κ3) is 2.51. The van der Waals surface area contributed by atoms with Gasteiger partial charge in [0.2, 0.25) is 5.91 Å². The maximum Gasteiger partial charge on any atom is 0.223 e. The molecule has 2 N–H and O–H groups in total. The molecule has 4 atom stereocenters. The summed E-state index contributed by atoms with van der Waals surface area (Å²) in [5.74, 6) is -2.01. The van der Waals surface area contributed by atoms with Crippen molar-refractivity contribution >= 4 is 5.91 Å². The molecule has 2 saturated heterocycles. The van der Waals surface area contributed by atoms with Gasteiger partial charge in [-0.1, -0.05) is 12.1 Å². The largest absolute Gasteiger partial charge is 0.353 e. The molecule has 118 valence electrons. The first-order valence-corrected chi connectivity index (χ1v) is 8.12. The normalized spacial score (nSPS) is 36.2. The first-order valence-electron chi connectivity index (χ1n) is 8.12. The van der Waals surface area contributed by atoms with Crippen LogP contribution in [-0.2, 0) is 4.79 Å². The molecule has 3 aliphatic rings. The van der Waals surface area contributed by atoms with Crippen LogP contribution in [0.15, 0.2) is 18.2 Å². The SMILES string of the molecule is O=C(NC1CC2CCC(C1)N2)C1CC1c1cccc(F)c1F. The Balaban J connectivity index is 1.38. The molecule has 1 aliphatic carbocycles. The summed E-state index contributed by atoms with van der Waals surface area (Å²) in [4.78, 5) is 12.3. The van der Waals surface area contributed by atoms with Crippen LogP contribution in [-0.4, -0.2) is 24.0 Å². The molecule has 2 heterocycles. The average Bonchev–Trinajstić information content (AvgIpc) is 3.21. The van der Waals surface area contributed by atoms with Crippen LogP contribution < -0.4 is 10.6 Å². The Hall–Kier alpha value is -1.49. The van der Waals surface area contributed by atoms with Gasteiger partial charge < -0.3 is 10.6 Å². The molecular weight excluding hydrogens is 286 g/mol. The van der Waals surface area contributed by atoms with Gasteiger partial charge in [0.05, 0.1) is 0 Å². The van der Waals surface area contributed by atoms with Crippen LogP contribution in [0.4, 0.5) is 8.78 Å². The van der Waals surface area contributed by atoms with Gasteiger partial charge in [-0.15, -0.1) is 0 Å². The molecule has 0 aromatic heterocycles. The minimum atomic E-state index is -0.835. The van der Waals surface area contributed by atoms with E-state index in [0.29, 0.717) is 24.1 Å². The van der Waals surface area contributed by atoms with E-state index < -0.39 is 11.6 Å². The van der Waals surface area contributed by atoms with Crippen LogP contribution in [0, 0.1) is 17.6 Å². The van der Waals surface area contributed by atoms with Gasteiger partial charge >= 0.3 is 0 Å². The van der Waals surface area contributed by atoms with E-state index in [-0.39, 0.29) is 23.8 Å². The lowest BCUT2D eigenvalue weighted by atomic mass is 9.99. The van der Waals surface area contributed by atoms with Crippen LogP contribution in [0.3, 0.4) is 0 Å². The zero-order chi connectivity index (χ0) is 15.3. The molecule has 22 heavy (non-hydrogen) atoms. The topological polar surface area (TPSA) is 41.1 Å². The summed E-state index contributed by atoms with van der Waals surface area (Å²) < 4.78 is 27.1. The number of benzene rings is 1. The Morgan fingerprint density at radius 2 is 1.86 bits per heavy atom. The Morgan fingerprint density at radius 3 is 2.59 bits per heavy atom. The summed E-state index contributed by atoms with van der Waals surface area (Å²) in [7, 11) is 0. The molecular formula is C17H20F2N2O. The lowest BCUT2D eigenvalue weighted by Gasteiger charge is -2.29. The Kier molecular flexibility index (Phi) is 3.40. The maximum atomic E-state index is 13.8. The summed E-state index contributed by atoms with van der Waals surface area (Å²) in [5.41, 5.74) is 0.338. The third-order valence-electron chi connectivity index (χ3n) is 5.33. The van der Waals surface area contributed by atoms with Gasteiger partial charge in [0.25, 0.3) is 0 Å². The first kappa shape index (κ1) is 14.1. The van der Waals surface area contributed by atoms with Crippen LogP contribution in [0.1, 0.15) is 43.6 Å². The molecule has 1 aromatic carbocycles. The highest BCUT2D eigenvalue weighted by Crippen LogP contribution is 2.48. The van der Waals surface area contributed by atoms with Crippen LogP contribution >= 0.6 is 0 Å². The van der Waals surface area contributed by atoms with Gasteiger partial charge in [-0.05, 0) is 49.7 Å². The summed E-state index contributed by atoms with van der Waals surface area (Å²) in [5, 5.41) is 6.66. The minimum absolute atomic E-state index is 0.0000359. The van der Waals surface area contributed by atoms with Crippen molar-refractivity contribution in [3.8, 4) is 0 Å². The molecule has 0 radical (unpaired) electrons. The first-order chi connectivity index (χ1) is 10.6. The van der Waals surface area contributed by atoms with Crippen molar-refractivity contribution < 1.29 is 13.6 Å². The number of piperidine rings is 1. The highest BCUT2D eigenvalue weighted by atomic mass is 19.2. The molecule has 1 aromatic rings. The second-order valence-corrected chi connectivity index (χ2v) is 6.91. The molecule has 4 rings (SSSR count). The fourth-order valence-electron chi connectivity index (χ4n) is 4.12. The number of amides is 1. The number of hydrogen-bond donors (Lipinski definition) is 2. The van der Waals surface area contributed by atoms with Crippen molar-refractivity contribution in [1.82, 2.24) is 10.6 Å². The second-order valence-electron chi connectivity index (χ2n) is 6.91. The third-order valence-corrected chi connectivity index (χ3v) is 5.33. The van der Waals surface area contributed by atoms with E-state index in [1.54, 1.807) is 6.07 Å². The van der Waals surface area contributed by atoms with Crippen molar-refractivity contribution in [2.24, 2.45) is 5.92 Å². The van der Waals surface area contributed by atoms with E-state index in [4.69, 9.17) is 0 Å². The molecule has 1 saturated carbocycles. The molecule has 3 nitrogen and oxygen atoms in total. The molecule has 3 fully saturated rings. The Morgan fingerprint density at radius 1 is 1.14 bits per heavy atom. The maximum absolute atomic E-state index is 13.8. The number of hydrogen-bond acceptors (Lipinski definition) is 2. The fourth-order valence-corrected chi connectivity index (χ4v) is 4.12. The Labute approximate surface area is 128 Å². The predicted octanol–water partition coefficient (Wildman–Crippen LogP) is 2.47.